The van der Waals surface area contributed by atoms with Crippen molar-refractivity contribution in [3.63, 3.8) is 0 Å². The van der Waals surface area contributed by atoms with Crippen LogP contribution in [0.2, 0.25) is 0 Å². The summed E-state index contributed by atoms with van der Waals surface area (Å²) in [6.07, 6.45) is 4.02. The van der Waals surface area contributed by atoms with Crippen molar-refractivity contribution in [3.8, 4) is 0 Å². The molecular weight excluding hydrogens is 330 g/mol. The molecule has 0 aliphatic rings. The number of pyridine rings is 2. The fourth-order valence-corrected chi connectivity index (χ4v) is 4.71. The molecule has 27 heavy (non-hydrogen) atoms. The summed E-state index contributed by atoms with van der Waals surface area (Å²) < 4.78 is 4.82. The van der Waals surface area contributed by atoms with Gasteiger partial charge in [-0.25, -0.2) is 4.57 Å². The van der Waals surface area contributed by atoms with Gasteiger partial charge in [0.2, 0.25) is 0 Å². The Morgan fingerprint density at radius 3 is 2.59 bits per heavy atom. The van der Waals surface area contributed by atoms with Crippen molar-refractivity contribution in [2.75, 3.05) is 0 Å². The van der Waals surface area contributed by atoms with E-state index in [1.165, 1.54) is 49.7 Å². The van der Waals surface area contributed by atoms with Crippen LogP contribution in [0.25, 0.3) is 38.5 Å². The highest BCUT2D eigenvalue weighted by Crippen LogP contribution is 2.33. The van der Waals surface area contributed by atoms with Crippen LogP contribution in [-0.2, 0) is 19.9 Å². The highest BCUT2D eigenvalue weighted by Gasteiger charge is 2.26. The second kappa shape index (κ2) is 5.78. The van der Waals surface area contributed by atoms with Crippen LogP contribution in [0.4, 0.5) is 0 Å². The maximum absolute atomic E-state index is 4.78. The van der Waals surface area contributed by atoms with Crippen molar-refractivity contribution in [3.05, 3.63) is 65.4 Å². The van der Waals surface area contributed by atoms with Gasteiger partial charge in [-0.15, -0.1) is 0 Å². The standard InChI is InChI=1S/C24H24N3/c1-5-16-11-12-20-23(17(16)6-2)27-19-10-8-7-9-18(19)22-21(24(27)26(20)4)15(3)13-14-25-22/h7-14H,5-6H2,1-4H3/q+1. The molecule has 3 aromatic heterocycles. The first kappa shape index (κ1) is 16.2. The molecule has 0 bridgehead atoms. The van der Waals surface area contributed by atoms with E-state index < -0.39 is 0 Å². The number of benzene rings is 2. The molecule has 0 saturated heterocycles. The van der Waals surface area contributed by atoms with Gasteiger partial charge in [0, 0.05) is 17.1 Å². The summed E-state index contributed by atoms with van der Waals surface area (Å²) in [5.74, 6) is 0. The van der Waals surface area contributed by atoms with E-state index in [4.69, 9.17) is 4.98 Å². The zero-order valence-corrected chi connectivity index (χ0v) is 16.4. The molecule has 0 radical (unpaired) electrons. The van der Waals surface area contributed by atoms with Gasteiger partial charge in [0.25, 0.3) is 5.65 Å². The topological polar surface area (TPSA) is 21.2 Å². The molecule has 0 fully saturated rings. The number of imidazole rings is 1. The monoisotopic (exact) mass is 354 g/mol. The maximum Gasteiger partial charge on any atom is 0.297 e. The molecule has 0 unspecified atom stereocenters. The van der Waals surface area contributed by atoms with Crippen molar-refractivity contribution < 1.29 is 4.57 Å². The molecule has 5 rings (SSSR count). The predicted molar refractivity (Wildman–Crippen MR) is 112 cm³/mol. The van der Waals surface area contributed by atoms with Gasteiger partial charge < -0.3 is 0 Å². The van der Waals surface area contributed by atoms with Crippen LogP contribution in [0.15, 0.2) is 48.7 Å². The number of nitrogens with zero attached hydrogens (tertiary/aromatic N) is 3. The number of para-hydroxylation sites is 1. The van der Waals surface area contributed by atoms with Crippen LogP contribution in [0.5, 0.6) is 0 Å². The van der Waals surface area contributed by atoms with Gasteiger partial charge in [-0.05, 0) is 55.2 Å². The van der Waals surface area contributed by atoms with Crippen molar-refractivity contribution >= 4 is 38.5 Å². The van der Waals surface area contributed by atoms with Crippen LogP contribution in [-0.4, -0.2) is 9.38 Å². The van der Waals surface area contributed by atoms with Gasteiger partial charge in [-0.3, -0.25) is 4.98 Å². The third-order valence-electron chi connectivity index (χ3n) is 5.99. The van der Waals surface area contributed by atoms with Crippen LogP contribution >= 0.6 is 0 Å². The Kier molecular flexibility index (Phi) is 3.48. The second-order valence-electron chi connectivity index (χ2n) is 7.36. The van der Waals surface area contributed by atoms with E-state index in [0.717, 1.165) is 18.4 Å². The fraction of sp³-hybridized carbons (Fsp3) is 0.250. The summed E-state index contributed by atoms with van der Waals surface area (Å²) in [6.45, 7) is 6.70. The lowest BCUT2D eigenvalue weighted by Crippen LogP contribution is -2.27. The van der Waals surface area contributed by atoms with Crippen molar-refractivity contribution in [2.45, 2.75) is 33.6 Å². The highest BCUT2D eigenvalue weighted by molar-refractivity contribution is 6.11. The molecule has 0 N–H and O–H groups in total. The van der Waals surface area contributed by atoms with Crippen LogP contribution in [0.1, 0.15) is 30.5 Å². The molecule has 0 saturated carbocycles. The Bertz CT molecular complexity index is 1360. The summed E-state index contributed by atoms with van der Waals surface area (Å²) in [5, 5.41) is 2.46. The molecule has 134 valence electrons. The van der Waals surface area contributed by atoms with E-state index in [0.29, 0.717) is 0 Å². The van der Waals surface area contributed by atoms with Crippen molar-refractivity contribution in [2.24, 2.45) is 7.05 Å². The van der Waals surface area contributed by atoms with E-state index in [2.05, 4.69) is 79.3 Å². The molecule has 3 heterocycles. The molecule has 5 aromatic rings. The number of aromatic nitrogens is 3. The van der Waals surface area contributed by atoms with E-state index in [9.17, 15) is 0 Å². The van der Waals surface area contributed by atoms with Gasteiger partial charge in [0.15, 0.2) is 11.0 Å². The minimum absolute atomic E-state index is 1.03. The lowest BCUT2D eigenvalue weighted by molar-refractivity contribution is -0.617. The molecule has 3 nitrogen and oxygen atoms in total. The number of fused-ring (bicyclic) bond motifs is 8. The average Bonchev–Trinajstić information content (AvgIpc) is 3.00. The third kappa shape index (κ3) is 2.03. The van der Waals surface area contributed by atoms with Gasteiger partial charge in [0.1, 0.15) is 5.52 Å². The Morgan fingerprint density at radius 2 is 1.81 bits per heavy atom. The molecule has 0 atom stereocenters. The number of aryl methyl sites for hydroxylation is 4. The van der Waals surface area contributed by atoms with Crippen molar-refractivity contribution in [1.29, 1.82) is 0 Å². The molecule has 3 heteroatoms. The third-order valence-corrected chi connectivity index (χ3v) is 5.99. The van der Waals surface area contributed by atoms with Gasteiger partial charge in [-0.2, -0.15) is 4.40 Å². The zero-order chi connectivity index (χ0) is 18.7. The second-order valence-corrected chi connectivity index (χ2v) is 7.36. The largest absolute Gasteiger partial charge is 0.297 e. The number of hydrogen-bond donors (Lipinski definition) is 0. The highest BCUT2D eigenvalue weighted by atomic mass is 15.1. The first-order chi connectivity index (χ1) is 13.2. The Balaban J connectivity index is 2.23. The first-order valence-electron chi connectivity index (χ1n) is 9.78. The molecule has 2 aromatic carbocycles. The average molecular weight is 354 g/mol. The quantitative estimate of drug-likeness (QED) is 0.321. The maximum atomic E-state index is 4.78. The molecular formula is C24H24N3+. The van der Waals surface area contributed by atoms with Gasteiger partial charge in [-0.1, -0.05) is 32.0 Å². The van der Waals surface area contributed by atoms with E-state index in [1.54, 1.807) is 0 Å². The normalized spacial score (nSPS) is 12.0. The fourth-order valence-electron chi connectivity index (χ4n) is 4.71. The van der Waals surface area contributed by atoms with E-state index >= 15 is 0 Å². The smallest absolute Gasteiger partial charge is 0.255 e. The summed E-state index contributed by atoms with van der Waals surface area (Å²) in [4.78, 5) is 4.78. The van der Waals surface area contributed by atoms with Gasteiger partial charge in [0.05, 0.1) is 18.0 Å². The Hall–Kier alpha value is -2.94. The lowest BCUT2D eigenvalue weighted by Gasteiger charge is -2.07. The molecule has 0 aliphatic carbocycles. The first-order valence-corrected chi connectivity index (χ1v) is 9.78. The number of rotatable bonds is 2. The van der Waals surface area contributed by atoms with E-state index in [1.807, 2.05) is 6.20 Å². The molecule has 0 spiro atoms. The van der Waals surface area contributed by atoms with Gasteiger partial charge >= 0.3 is 0 Å². The summed E-state index contributed by atoms with van der Waals surface area (Å²) in [7, 11) is 2.18. The predicted octanol–water partition coefficient (Wildman–Crippen LogP) is 5.05. The summed E-state index contributed by atoms with van der Waals surface area (Å²) in [6, 6.07) is 15.4. The van der Waals surface area contributed by atoms with E-state index in [-0.39, 0.29) is 0 Å². The van der Waals surface area contributed by atoms with Crippen LogP contribution < -0.4 is 4.57 Å². The molecule has 0 aliphatic heterocycles. The SMILES string of the molecule is CCc1ccc2c(c1CC)n1c3ccccc3c3nccc(C)c3c1[n+]2C. The Labute approximate surface area is 158 Å². The lowest BCUT2D eigenvalue weighted by atomic mass is 10.0. The van der Waals surface area contributed by atoms with Crippen LogP contribution in [0.3, 0.4) is 0 Å². The number of hydrogen-bond acceptors (Lipinski definition) is 1. The molecule has 0 amide bonds. The van der Waals surface area contributed by atoms with Crippen molar-refractivity contribution in [1.82, 2.24) is 9.38 Å². The zero-order valence-electron chi connectivity index (χ0n) is 16.4. The summed E-state index contributed by atoms with van der Waals surface area (Å²) >= 11 is 0. The minimum atomic E-state index is 1.03. The van der Waals surface area contributed by atoms with Crippen LogP contribution in [0, 0.1) is 6.92 Å². The Morgan fingerprint density at radius 1 is 1.00 bits per heavy atom. The summed E-state index contributed by atoms with van der Waals surface area (Å²) in [5.41, 5.74) is 10.3. The minimum Gasteiger partial charge on any atom is -0.255 e.